The molecule has 438 valence electrons. The minimum absolute atomic E-state index is 0.0314. The molecule has 0 fully saturated rings. The van der Waals surface area contributed by atoms with Gasteiger partial charge < -0.3 is 19.4 Å². The first-order chi connectivity index (χ1) is 36.9. The Kier molecular flexibility index (Phi) is 53.0. The highest BCUT2D eigenvalue weighted by Gasteiger charge is 2.30. The van der Waals surface area contributed by atoms with E-state index in [1.54, 1.807) is 0 Å². The summed E-state index contributed by atoms with van der Waals surface area (Å²) in [6.07, 6.45) is 74.0. The van der Waals surface area contributed by atoms with Crippen molar-refractivity contribution in [2.24, 2.45) is 0 Å². The third-order valence-electron chi connectivity index (χ3n) is 13.3. The molecule has 0 heterocycles. The Hall–Kier alpha value is -3.07. The number of quaternary nitrogens is 1. The summed E-state index contributed by atoms with van der Waals surface area (Å²) >= 11 is 0. The minimum atomic E-state index is -4.46. The zero-order valence-electron chi connectivity index (χ0n) is 50.0. The van der Waals surface area contributed by atoms with Crippen LogP contribution in [-0.4, -0.2) is 74.3 Å². The quantitative estimate of drug-likeness (QED) is 0.0156. The Morgan fingerprint density at radius 2 is 0.882 bits per heavy atom. The second-order valence-electron chi connectivity index (χ2n) is 21.9. The van der Waals surface area contributed by atoms with Crippen LogP contribution in [0.5, 0.6) is 0 Å². The molecular weight excluding hydrogens is 964 g/mol. The van der Waals surface area contributed by atoms with Crippen molar-refractivity contribution in [2.75, 3.05) is 40.9 Å². The smallest absolute Gasteiger partial charge is 0.456 e. The fraction of sp³-hybridized carbons (Fsp3) is 0.727. The Morgan fingerprint density at radius 3 is 1.37 bits per heavy atom. The Morgan fingerprint density at radius 1 is 0.487 bits per heavy atom. The number of unbranched alkanes of at least 4 members (excludes halogenated alkanes) is 26. The van der Waals surface area contributed by atoms with Crippen molar-refractivity contribution >= 4 is 19.7 Å². The first-order valence-corrected chi connectivity index (χ1v) is 32.6. The Bertz CT molecular complexity index is 1620. The summed E-state index contributed by atoms with van der Waals surface area (Å²) in [5.41, 5.74) is 0. The molecule has 9 nitrogen and oxygen atoms in total. The lowest BCUT2D eigenvalue weighted by Gasteiger charge is -2.27. The zero-order valence-corrected chi connectivity index (χ0v) is 50.9. The third kappa shape index (κ3) is 55.7. The summed E-state index contributed by atoms with van der Waals surface area (Å²) in [4.78, 5) is 37.7. The van der Waals surface area contributed by atoms with Crippen LogP contribution in [0.1, 0.15) is 258 Å². The summed E-state index contributed by atoms with van der Waals surface area (Å²) in [5, 5.41) is 3.05. The molecule has 0 saturated carbocycles. The third-order valence-corrected chi connectivity index (χ3v) is 14.3. The summed E-state index contributed by atoms with van der Waals surface area (Å²) in [6.45, 7) is 6.85. The van der Waals surface area contributed by atoms with E-state index >= 15 is 0 Å². The molecule has 0 rings (SSSR count). The monoisotopic (exact) mass is 1080 g/mol. The van der Waals surface area contributed by atoms with Gasteiger partial charge >= 0.3 is 13.8 Å². The van der Waals surface area contributed by atoms with Crippen molar-refractivity contribution in [3.8, 4) is 0 Å². The number of carbonyl (C=O) groups excluding carboxylic acids is 2. The summed E-state index contributed by atoms with van der Waals surface area (Å²) in [5.74, 6) is -0.534. The van der Waals surface area contributed by atoms with E-state index in [9.17, 15) is 19.0 Å². The SMILES string of the molecule is CC/C=C\C/C=C\C/C=C\C/C=C\C/C=C\CCCCCCCCCC(=O)NC(COP(=O)(O)OCC[N+](C)(C)C)C(/C=C\CCCCCCCCCCCC)OC(=O)CCCCCCCC/C=C/C=C/CCCCC. The minimum Gasteiger partial charge on any atom is -0.456 e. The molecule has 2 N–H and O–H groups in total. The van der Waals surface area contributed by atoms with Gasteiger partial charge in [-0.3, -0.25) is 18.6 Å². The Labute approximate surface area is 468 Å². The maximum Gasteiger partial charge on any atom is 0.472 e. The highest BCUT2D eigenvalue weighted by atomic mass is 31.2. The van der Waals surface area contributed by atoms with Gasteiger partial charge in [0.1, 0.15) is 19.3 Å². The normalized spacial score (nSPS) is 14.4. The predicted molar refractivity (Wildman–Crippen MR) is 327 cm³/mol. The number of hydrogen-bond donors (Lipinski definition) is 2. The standard InChI is InChI=1S/C66H117N2O7P/c1-7-10-13-16-19-22-25-28-30-31-32-33-34-35-36-37-39-40-43-46-49-52-55-58-65(69)67-63(62-74-76(71,72)73-61-60-68(4,5)6)64(57-54-51-48-45-42-27-24-21-18-15-12-9-3)75-66(70)59-56-53-50-47-44-41-38-29-26-23-20-17-14-11-8-2/h10,13,19-20,22-23,26,28-30,32-33,35-36,54,57,63-64H,7-9,11-12,14-18,21,24-25,27,31,34,37-53,55-56,58-62H2,1-6H3,(H-,67,69,71,72)/p+1/b13-10-,22-19-,23-20+,29-26+,30-28-,33-32-,36-35-,57-54-. The van der Waals surface area contributed by atoms with Gasteiger partial charge in [-0.25, -0.2) is 4.57 Å². The number of allylic oxidation sites excluding steroid dienone is 15. The topological polar surface area (TPSA) is 111 Å². The number of carbonyl (C=O) groups is 2. The molecule has 1 amide bonds. The van der Waals surface area contributed by atoms with E-state index in [4.69, 9.17) is 13.8 Å². The average molecular weight is 1080 g/mol. The summed E-state index contributed by atoms with van der Waals surface area (Å²) in [7, 11) is 1.47. The lowest BCUT2D eigenvalue weighted by molar-refractivity contribution is -0.870. The van der Waals surface area contributed by atoms with Crippen molar-refractivity contribution < 1.29 is 37.3 Å². The fourth-order valence-corrected chi connectivity index (χ4v) is 9.22. The molecule has 3 unspecified atom stereocenters. The van der Waals surface area contributed by atoms with Gasteiger partial charge in [0.25, 0.3) is 0 Å². The number of phosphoric acid groups is 1. The van der Waals surface area contributed by atoms with Crippen LogP contribution in [0.25, 0.3) is 0 Å². The zero-order chi connectivity index (χ0) is 55.7. The van der Waals surface area contributed by atoms with E-state index < -0.39 is 20.0 Å². The van der Waals surface area contributed by atoms with Gasteiger partial charge in [-0.05, 0) is 102 Å². The van der Waals surface area contributed by atoms with E-state index in [0.29, 0.717) is 17.4 Å². The summed E-state index contributed by atoms with van der Waals surface area (Å²) in [6, 6.07) is -0.864. The number of ether oxygens (including phenoxy) is 1. The molecular formula is C66H118N2O7P+. The molecule has 0 radical (unpaired) electrons. The van der Waals surface area contributed by atoms with E-state index in [1.807, 2.05) is 33.3 Å². The van der Waals surface area contributed by atoms with Crippen molar-refractivity contribution in [1.29, 1.82) is 0 Å². The molecule has 3 atom stereocenters. The first kappa shape index (κ1) is 72.9. The number of nitrogens with zero attached hydrogens (tertiary/aromatic N) is 1. The number of esters is 1. The van der Waals surface area contributed by atoms with Crippen molar-refractivity contribution in [3.63, 3.8) is 0 Å². The van der Waals surface area contributed by atoms with Gasteiger partial charge in [0.2, 0.25) is 5.91 Å². The van der Waals surface area contributed by atoms with E-state index in [-0.39, 0.29) is 31.5 Å². The number of likely N-dealkylation sites (N-methyl/N-ethyl adjacent to an activating group) is 1. The maximum absolute atomic E-state index is 13.6. The van der Waals surface area contributed by atoms with Crippen molar-refractivity contribution in [1.82, 2.24) is 5.32 Å². The van der Waals surface area contributed by atoms with Crippen LogP contribution in [0, 0.1) is 0 Å². The molecule has 0 aliphatic carbocycles. The average Bonchev–Trinajstić information content (AvgIpc) is 3.38. The number of amides is 1. The molecule has 76 heavy (non-hydrogen) atoms. The molecule has 0 aromatic carbocycles. The first-order valence-electron chi connectivity index (χ1n) is 31.1. The highest BCUT2D eigenvalue weighted by Crippen LogP contribution is 2.43. The molecule has 0 bridgehead atoms. The number of hydrogen-bond acceptors (Lipinski definition) is 6. The van der Waals surface area contributed by atoms with Crippen LogP contribution in [0.2, 0.25) is 0 Å². The lowest BCUT2D eigenvalue weighted by Crippen LogP contribution is -2.47. The molecule has 10 heteroatoms. The van der Waals surface area contributed by atoms with Gasteiger partial charge in [0.05, 0.1) is 33.8 Å². The van der Waals surface area contributed by atoms with Crippen LogP contribution in [0.4, 0.5) is 0 Å². The number of phosphoric ester groups is 1. The fourth-order valence-electron chi connectivity index (χ4n) is 8.49. The summed E-state index contributed by atoms with van der Waals surface area (Å²) < 4.78 is 30.7. The largest absolute Gasteiger partial charge is 0.472 e. The number of rotatable bonds is 55. The van der Waals surface area contributed by atoms with Gasteiger partial charge in [-0.1, -0.05) is 240 Å². The van der Waals surface area contributed by atoms with Crippen LogP contribution in [0.3, 0.4) is 0 Å². The van der Waals surface area contributed by atoms with Gasteiger partial charge in [-0.15, -0.1) is 0 Å². The number of nitrogens with one attached hydrogen (secondary N) is 1. The highest BCUT2D eigenvalue weighted by molar-refractivity contribution is 7.47. The van der Waals surface area contributed by atoms with Crippen LogP contribution >= 0.6 is 7.82 Å². The van der Waals surface area contributed by atoms with E-state index in [1.165, 1.54) is 103 Å². The molecule has 0 saturated heterocycles. The van der Waals surface area contributed by atoms with Crippen molar-refractivity contribution in [2.45, 2.75) is 270 Å². The van der Waals surface area contributed by atoms with Gasteiger partial charge in [0, 0.05) is 12.8 Å². The van der Waals surface area contributed by atoms with E-state index in [2.05, 4.69) is 111 Å². The van der Waals surface area contributed by atoms with Crippen LogP contribution in [0.15, 0.2) is 97.2 Å². The molecule has 0 spiro atoms. The van der Waals surface area contributed by atoms with Crippen LogP contribution < -0.4 is 5.32 Å². The van der Waals surface area contributed by atoms with Gasteiger partial charge in [0.15, 0.2) is 0 Å². The van der Waals surface area contributed by atoms with Crippen molar-refractivity contribution in [3.05, 3.63) is 97.2 Å². The second kappa shape index (κ2) is 55.3. The predicted octanol–water partition coefficient (Wildman–Crippen LogP) is 19.2. The second-order valence-corrected chi connectivity index (χ2v) is 23.3. The lowest BCUT2D eigenvalue weighted by atomic mass is 10.0. The maximum atomic E-state index is 13.6. The molecule has 0 aliphatic rings. The van der Waals surface area contributed by atoms with E-state index in [0.717, 1.165) is 122 Å². The van der Waals surface area contributed by atoms with Crippen LogP contribution in [-0.2, 0) is 27.9 Å². The van der Waals surface area contributed by atoms with Gasteiger partial charge in [-0.2, -0.15) is 0 Å². The molecule has 0 aliphatic heterocycles. The molecule has 0 aromatic rings. The Balaban J connectivity index is 5.26. The molecule has 0 aromatic heterocycles.